The van der Waals surface area contributed by atoms with Gasteiger partial charge in [-0.3, -0.25) is 0 Å². The van der Waals surface area contributed by atoms with Crippen molar-refractivity contribution in [3.8, 4) is 11.5 Å². The second-order valence-electron chi connectivity index (χ2n) is 4.36. The van der Waals surface area contributed by atoms with Gasteiger partial charge in [0.25, 0.3) is 0 Å². The highest BCUT2D eigenvalue weighted by atomic mass is 16.5. The topological polar surface area (TPSA) is 24.9 Å². The fourth-order valence-corrected chi connectivity index (χ4v) is 2.04. The van der Waals surface area contributed by atoms with Crippen LogP contribution in [0.1, 0.15) is 0 Å². The molecule has 1 aromatic rings. The van der Waals surface area contributed by atoms with Crippen molar-refractivity contribution in [1.29, 1.82) is 0 Å². The molecule has 0 unspecified atom stereocenters. The number of benzene rings is 1. The highest BCUT2D eigenvalue weighted by molar-refractivity contribution is 5.56. The van der Waals surface area contributed by atoms with E-state index in [9.17, 15) is 0 Å². The molecule has 1 heterocycles. The van der Waals surface area contributed by atoms with Crippen LogP contribution in [0.25, 0.3) is 0 Å². The Morgan fingerprint density at radius 3 is 1.88 bits per heavy atom. The van der Waals surface area contributed by atoms with Crippen LogP contribution in [0.5, 0.6) is 11.5 Å². The van der Waals surface area contributed by atoms with Crippen LogP contribution in [0.3, 0.4) is 0 Å². The molecule has 0 aromatic heterocycles. The molecule has 0 N–H and O–H groups in total. The molecule has 4 heteroatoms. The van der Waals surface area contributed by atoms with E-state index in [-0.39, 0.29) is 0 Å². The molecule has 94 valence electrons. The van der Waals surface area contributed by atoms with Gasteiger partial charge in [-0.25, -0.2) is 0 Å². The lowest BCUT2D eigenvalue weighted by Gasteiger charge is -2.34. The smallest absolute Gasteiger partial charge is 0.124 e. The normalized spacial score (nSPS) is 17.0. The third-order valence-corrected chi connectivity index (χ3v) is 3.20. The molecule has 1 fully saturated rings. The van der Waals surface area contributed by atoms with Crippen LogP contribution >= 0.6 is 0 Å². The Bertz CT molecular complexity index is 351. The molecular weight excluding hydrogens is 216 g/mol. The van der Waals surface area contributed by atoms with Gasteiger partial charge in [-0.1, -0.05) is 0 Å². The quantitative estimate of drug-likeness (QED) is 0.793. The number of hydrogen-bond acceptors (Lipinski definition) is 4. The molecule has 0 spiro atoms. The van der Waals surface area contributed by atoms with E-state index >= 15 is 0 Å². The molecule has 0 radical (unpaired) electrons. The standard InChI is InChI=1S/C13H20N2O2/c1-14-4-6-15(7-5-14)11-8-12(16-2)10-13(9-11)17-3/h8-10H,4-7H2,1-3H3. The lowest BCUT2D eigenvalue weighted by molar-refractivity contribution is 0.312. The fraction of sp³-hybridized carbons (Fsp3) is 0.538. The van der Waals surface area contributed by atoms with Gasteiger partial charge >= 0.3 is 0 Å². The van der Waals surface area contributed by atoms with Crippen LogP contribution in [0.2, 0.25) is 0 Å². The molecule has 0 bridgehead atoms. The molecule has 2 rings (SSSR count). The zero-order valence-electron chi connectivity index (χ0n) is 10.8. The van der Waals surface area contributed by atoms with E-state index in [2.05, 4.69) is 29.0 Å². The van der Waals surface area contributed by atoms with Gasteiger partial charge in [-0.15, -0.1) is 0 Å². The van der Waals surface area contributed by atoms with Gasteiger partial charge < -0.3 is 19.3 Å². The van der Waals surface area contributed by atoms with Gasteiger partial charge in [-0.05, 0) is 7.05 Å². The lowest BCUT2D eigenvalue weighted by atomic mass is 10.2. The van der Waals surface area contributed by atoms with E-state index in [1.807, 2.05) is 6.07 Å². The first-order chi connectivity index (χ1) is 8.22. The molecule has 0 saturated carbocycles. The summed E-state index contributed by atoms with van der Waals surface area (Å²) in [6.45, 7) is 4.29. The van der Waals surface area contributed by atoms with Crippen molar-refractivity contribution in [2.24, 2.45) is 0 Å². The number of rotatable bonds is 3. The molecule has 17 heavy (non-hydrogen) atoms. The van der Waals surface area contributed by atoms with Gasteiger partial charge in [0.15, 0.2) is 0 Å². The van der Waals surface area contributed by atoms with Crippen LogP contribution in [0, 0.1) is 0 Å². The summed E-state index contributed by atoms with van der Waals surface area (Å²) in [6, 6.07) is 6.03. The summed E-state index contributed by atoms with van der Waals surface area (Å²) in [5, 5.41) is 0. The third kappa shape index (κ3) is 2.82. The number of likely N-dealkylation sites (N-methyl/N-ethyl adjacent to an activating group) is 1. The summed E-state index contributed by atoms with van der Waals surface area (Å²) in [7, 11) is 5.52. The second kappa shape index (κ2) is 5.27. The lowest BCUT2D eigenvalue weighted by Crippen LogP contribution is -2.44. The first-order valence-corrected chi connectivity index (χ1v) is 5.89. The molecule has 0 aliphatic carbocycles. The maximum atomic E-state index is 5.29. The minimum atomic E-state index is 0.846. The van der Waals surface area contributed by atoms with E-state index in [1.54, 1.807) is 14.2 Å². The van der Waals surface area contributed by atoms with Crippen LogP contribution in [0.15, 0.2) is 18.2 Å². The third-order valence-electron chi connectivity index (χ3n) is 3.20. The molecule has 0 amide bonds. The molecule has 1 aromatic carbocycles. The molecule has 1 saturated heterocycles. The highest BCUT2D eigenvalue weighted by Crippen LogP contribution is 2.28. The average molecular weight is 236 g/mol. The Morgan fingerprint density at radius 1 is 0.882 bits per heavy atom. The van der Waals surface area contributed by atoms with Crippen molar-refractivity contribution in [3.05, 3.63) is 18.2 Å². The number of hydrogen-bond donors (Lipinski definition) is 0. The van der Waals surface area contributed by atoms with Gasteiger partial charge in [0, 0.05) is 50.1 Å². The SMILES string of the molecule is COc1cc(OC)cc(N2CCN(C)CC2)c1. The minimum Gasteiger partial charge on any atom is -0.497 e. The van der Waals surface area contributed by atoms with Gasteiger partial charge in [0.05, 0.1) is 14.2 Å². The highest BCUT2D eigenvalue weighted by Gasteiger charge is 2.15. The van der Waals surface area contributed by atoms with E-state index in [0.29, 0.717) is 0 Å². The second-order valence-corrected chi connectivity index (χ2v) is 4.36. The number of nitrogens with zero attached hydrogens (tertiary/aromatic N) is 2. The van der Waals surface area contributed by atoms with Crippen molar-refractivity contribution in [2.45, 2.75) is 0 Å². The van der Waals surface area contributed by atoms with E-state index in [1.165, 1.54) is 5.69 Å². The van der Waals surface area contributed by atoms with Gasteiger partial charge in [0.2, 0.25) is 0 Å². The molecule has 1 aliphatic rings. The summed E-state index contributed by atoms with van der Waals surface area (Å²) in [4.78, 5) is 4.71. The Kier molecular flexibility index (Phi) is 3.74. The van der Waals surface area contributed by atoms with Crippen molar-refractivity contribution < 1.29 is 9.47 Å². The number of ether oxygens (including phenoxy) is 2. The zero-order chi connectivity index (χ0) is 12.3. The first-order valence-electron chi connectivity index (χ1n) is 5.89. The van der Waals surface area contributed by atoms with Crippen LogP contribution < -0.4 is 14.4 Å². The van der Waals surface area contributed by atoms with Crippen LogP contribution in [-0.4, -0.2) is 52.3 Å². The first kappa shape index (κ1) is 12.0. The maximum Gasteiger partial charge on any atom is 0.124 e. The Morgan fingerprint density at radius 2 is 1.41 bits per heavy atom. The zero-order valence-corrected chi connectivity index (χ0v) is 10.8. The van der Waals surface area contributed by atoms with Crippen molar-refractivity contribution in [2.75, 3.05) is 52.3 Å². The largest absolute Gasteiger partial charge is 0.497 e. The summed E-state index contributed by atoms with van der Waals surface area (Å²) in [5.41, 5.74) is 1.18. The number of methoxy groups -OCH3 is 2. The maximum absolute atomic E-state index is 5.29. The van der Waals surface area contributed by atoms with Crippen LogP contribution in [0.4, 0.5) is 5.69 Å². The molecule has 1 aliphatic heterocycles. The van der Waals surface area contributed by atoms with Crippen molar-refractivity contribution in [3.63, 3.8) is 0 Å². The van der Waals surface area contributed by atoms with E-state index in [0.717, 1.165) is 37.7 Å². The number of piperazine rings is 1. The predicted molar refractivity (Wildman–Crippen MR) is 69.3 cm³/mol. The Labute approximate surface area is 103 Å². The van der Waals surface area contributed by atoms with E-state index in [4.69, 9.17) is 9.47 Å². The van der Waals surface area contributed by atoms with Crippen molar-refractivity contribution >= 4 is 5.69 Å². The molecule has 4 nitrogen and oxygen atoms in total. The van der Waals surface area contributed by atoms with Crippen LogP contribution in [-0.2, 0) is 0 Å². The van der Waals surface area contributed by atoms with Gasteiger partial charge in [-0.2, -0.15) is 0 Å². The average Bonchev–Trinajstić information content (AvgIpc) is 2.39. The Balaban J connectivity index is 2.19. The Hall–Kier alpha value is -1.42. The predicted octanol–water partition coefficient (Wildman–Crippen LogP) is 1.46. The summed E-state index contributed by atoms with van der Waals surface area (Å²) >= 11 is 0. The van der Waals surface area contributed by atoms with Gasteiger partial charge in [0.1, 0.15) is 11.5 Å². The molecular formula is C13H20N2O2. The number of anilines is 1. The van der Waals surface area contributed by atoms with Crippen molar-refractivity contribution in [1.82, 2.24) is 4.90 Å². The summed E-state index contributed by atoms with van der Waals surface area (Å²) in [5.74, 6) is 1.69. The molecule has 0 atom stereocenters. The summed E-state index contributed by atoms with van der Waals surface area (Å²) in [6.07, 6.45) is 0. The minimum absolute atomic E-state index is 0.846. The van der Waals surface area contributed by atoms with E-state index < -0.39 is 0 Å². The summed E-state index contributed by atoms with van der Waals surface area (Å²) < 4.78 is 10.6. The fourth-order valence-electron chi connectivity index (χ4n) is 2.04. The monoisotopic (exact) mass is 236 g/mol.